The molecule has 86 valence electrons. The zero-order chi connectivity index (χ0) is 11.6. The average Bonchev–Trinajstić information content (AvgIpc) is 2.65. The van der Waals surface area contributed by atoms with Crippen molar-refractivity contribution in [2.45, 2.75) is 38.1 Å². The van der Waals surface area contributed by atoms with Gasteiger partial charge in [0.05, 0.1) is 12.4 Å². The van der Waals surface area contributed by atoms with Gasteiger partial charge in [-0.25, -0.2) is 14.8 Å². The number of anilines is 1. The molecule has 0 bridgehead atoms. The highest BCUT2D eigenvalue weighted by atomic mass is 16.4. The van der Waals surface area contributed by atoms with E-state index in [0.29, 0.717) is 5.82 Å². The van der Waals surface area contributed by atoms with Gasteiger partial charge in [-0.15, -0.1) is 0 Å². The van der Waals surface area contributed by atoms with E-state index in [1.54, 1.807) is 0 Å². The van der Waals surface area contributed by atoms with Gasteiger partial charge in [-0.05, 0) is 19.8 Å². The van der Waals surface area contributed by atoms with Crippen molar-refractivity contribution in [1.29, 1.82) is 0 Å². The van der Waals surface area contributed by atoms with E-state index < -0.39 is 5.97 Å². The summed E-state index contributed by atoms with van der Waals surface area (Å²) in [5.41, 5.74) is 0.0569. The fourth-order valence-electron chi connectivity index (χ4n) is 2.09. The third-order valence-corrected chi connectivity index (χ3v) is 3.01. The molecule has 0 radical (unpaired) electrons. The van der Waals surface area contributed by atoms with Crippen molar-refractivity contribution in [2.75, 3.05) is 5.32 Å². The molecule has 0 atom stereocenters. The van der Waals surface area contributed by atoms with Crippen LogP contribution in [0.4, 0.5) is 5.82 Å². The third-order valence-electron chi connectivity index (χ3n) is 3.01. The number of nitrogens with one attached hydrogen (secondary N) is 1. The quantitative estimate of drug-likeness (QED) is 0.815. The number of carboxylic acid groups (broad SMARTS) is 1. The molecule has 0 unspecified atom stereocenters. The van der Waals surface area contributed by atoms with Crippen LogP contribution in [-0.2, 0) is 0 Å². The van der Waals surface area contributed by atoms with Gasteiger partial charge in [0.2, 0.25) is 0 Å². The lowest BCUT2D eigenvalue weighted by molar-refractivity contribution is 0.0690. The first-order valence-electron chi connectivity index (χ1n) is 5.43. The normalized spacial score (nSPS) is 18.3. The summed E-state index contributed by atoms with van der Waals surface area (Å²) >= 11 is 0. The molecule has 2 rings (SSSR count). The number of nitrogens with zero attached hydrogens (tertiary/aromatic N) is 2. The van der Waals surface area contributed by atoms with Gasteiger partial charge in [0.15, 0.2) is 5.69 Å². The molecule has 1 aromatic rings. The standard InChI is InChI=1S/C11H15N3O2/c1-11(4-2-3-5-11)14-9-7-12-8(6-13-9)10(15)16/h6-7H,2-5H2,1H3,(H,13,14)(H,15,16). The van der Waals surface area contributed by atoms with E-state index in [4.69, 9.17) is 5.11 Å². The van der Waals surface area contributed by atoms with Crippen LogP contribution in [0, 0.1) is 0 Å². The molecule has 5 nitrogen and oxygen atoms in total. The van der Waals surface area contributed by atoms with E-state index in [2.05, 4.69) is 22.2 Å². The number of carbonyl (C=O) groups is 1. The molecule has 0 spiro atoms. The Bertz CT molecular complexity index is 383. The van der Waals surface area contributed by atoms with Gasteiger partial charge >= 0.3 is 5.97 Å². The Balaban J connectivity index is 2.07. The molecule has 1 aliphatic carbocycles. The van der Waals surface area contributed by atoms with Crippen LogP contribution in [0.3, 0.4) is 0 Å². The summed E-state index contributed by atoms with van der Waals surface area (Å²) in [4.78, 5) is 18.5. The van der Waals surface area contributed by atoms with Crippen LogP contribution < -0.4 is 5.32 Å². The van der Waals surface area contributed by atoms with E-state index in [1.165, 1.54) is 25.2 Å². The molecule has 1 saturated carbocycles. The Hall–Kier alpha value is -1.65. The molecule has 0 amide bonds. The Kier molecular flexibility index (Phi) is 2.77. The van der Waals surface area contributed by atoms with Crippen molar-refractivity contribution in [3.63, 3.8) is 0 Å². The average molecular weight is 221 g/mol. The SMILES string of the molecule is CC1(Nc2cnc(C(=O)O)cn2)CCCC1. The number of aromatic carboxylic acids is 1. The fourth-order valence-corrected chi connectivity index (χ4v) is 2.09. The van der Waals surface area contributed by atoms with Crippen LogP contribution in [0.25, 0.3) is 0 Å². The van der Waals surface area contributed by atoms with Crippen molar-refractivity contribution >= 4 is 11.8 Å². The number of carboxylic acids is 1. The van der Waals surface area contributed by atoms with Gasteiger partial charge in [0.1, 0.15) is 5.82 Å². The first-order chi connectivity index (χ1) is 7.59. The Morgan fingerprint density at radius 2 is 2.06 bits per heavy atom. The van der Waals surface area contributed by atoms with E-state index in [9.17, 15) is 4.79 Å². The van der Waals surface area contributed by atoms with Crippen molar-refractivity contribution in [3.05, 3.63) is 18.1 Å². The van der Waals surface area contributed by atoms with Gasteiger partial charge in [0, 0.05) is 5.54 Å². The number of aromatic nitrogens is 2. The summed E-state index contributed by atoms with van der Waals surface area (Å²) < 4.78 is 0. The molecule has 2 N–H and O–H groups in total. The van der Waals surface area contributed by atoms with Crippen LogP contribution in [0.1, 0.15) is 43.1 Å². The lowest BCUT2D eigenvalue weighted by Crippen LogP contribution is -2.31. The maximum atomic E-state index is 10.6. The fraction of sp³-hybridized carbons (Fsp3) is 0.545. The highest BCUT2D eigenvalue weighted by molar-refractivity contribution is 5.84. The summed E-state index contributed by atoms with van der Waals surface area (Å²) in [6.07, 6.45) is 7.45. The van der Waals surface area contributed by atoms with Gasteiger partial charge in [-0.2, -0.15) is 0 Å². The first kappa shape index (κ1) is 10.9. The van der Waals surface area contributed by atoms with Crippen molar-refractivity contribution < 1.29 is 9.90 Å². The Morgan fingerprint density at radius 1 is 1.38 bits per heavy atom. The Labute approximate surface area is 93.9 Å². The van der Waals surface area contributed by atoms with Gasteiger partial charge in [-0.3, -0.25) is 0 Å². The third kappa shape index (κ3) is 2.29. The second-order valence-corrected chi connectivity index (χ2v) is 4.48. The van der Waals surface area contributed by atoms with Crippen molar-refractivity contribution in [1.82, 2.24) is 9.97 Å². The minimum absolute atomic E-state index is 0.0258. The summed E-state index contributed by atoms with van der Waals surface area (Å²) in [7, 11) is 0. The summed E-state index contributed by atoms with van der Waals surface area (Å²) in [5, 5.41) is 12.0. The zero-order valence-corrected chi connectivity index (χ0v) is 9.23. The molecular weight excluding hydrogens is 206 g/mol. The molecule has 5 heteroatoms. The largest absolute Gasteiger partial charge is 0.476 e. The van der Waals surface area contributed by atoms with Crippen molar-refractivity contribution in [2.24, 2.45) is 0 Å². The molecule has 0 saturated heterocycles. The van der Waals surface area contributed by atoms with Crippen LogP contribution in [0.15, 0.2) is 12.4 Å². The second-order valence-electron chi connectivity index (χ2n) is 4.48. The maximum Gasteiger partial charge on any atom is 0.356 e. The van der Waals surface area contributed by atoms with Crippen LogP contribution in [-0.4, -0.2) is 26.6 Å². The highest BCUT2D eigenvalue weighted by Crippen LogP contribution is 2.31. The minimum atomic E-state index is -1.05. The number of hydrogen-bond donors (Lipinski definition) is 2. The van der Waals surface area contributed by atoms with Crippen LogP contribution in [0.5, 0.6) is 0 Å². The topological polar surface area (TPSA) is 75.1 Å². The van der Waals surface area contributed by atoms with E-state index in [0.717, 1.165) is 12.8 Å². The summed E-state index contributed by atoms with van der Waals surface area (Å²) in [5.74, 6) is -0.402. The first-order valence-corrected chi connectivity index (χ1v) is 5.43. The molecular formula is C11H15N3O2. The molecule has 1 fully saturated rings. The lowest BCUT2D eigenvalue weighted by atomic mass is 10.0. The Morgan fingerprint density at radius 3 is 2.56 bits per heavy atom. The lowest BCUT2D eigenvalue weighted by Gasteiger charge is -2.25. The van der Waals surface area contributed by atoms with Gasteiger partial charge in [-0.1, -0.05) is 12.8 Å². The molecule has 1 aliphatic rings. The van der Waals surface area contributed by atoms with Crippen molar-refractivity contribution in [3.8, 4) is 0 Å². The summed E-state index contributed by atoms with van der Waals surface area (Å²) in [6, 6.07) is 0. The zero-order valence-electron chi connectivity index (χ0n) is 9.23. The van der Waals surface area contributed by atoms with Gasteiger partial charge < -0.3 is 10.4 Å². The molecule has 0 aliphatic heterocycles. The predicted molar refractivity (Wildman–Crippen MR) is 59.5 cm³/mol. The summed E-state index contributed by atoms with van der Waals surface area (Å²) in [6.45, 7) is 2.16. The number of hydrogen-bond acceptors (Lipinski definition) is 4. The molecule has 16 heavy (non-hydrogen) atoms. The van der Waals surface area contributed by atoms with E-state index >= 15 is 0 Å². The monoisotopic (exact) mass is 221 g/mol. The van der Waals surface area contributed by atoms with Crippen LogP contribution >= 0.6 is 0 Å². The second kappa shape index (κ2) is 4.08. The number of rotatable bonds is 3. The minimum Gasteiger partial charge on any atom is -0.476 e. The molecule has 0 aromatic carbocycles. The molecule has 1 heterocycles. The highest BCUT2D eigenvalue weighted by Gasteiger charge is 2.28. The smallest absolute Gasteiger partial charge is 0.356 e. The van der Waals surface area contributed by atoms with Gasteiger partial charge in [0.25, 0.3) is 0 Å². The maximum absolute atomic E-state index is 10.6. The van der Waals surface area contributed by atoms with E-state index in [1.807, 2.05) is 0 Å². The predicted octanol–water partition coefficient (Wildman–Crippen LogP) is 1.92. The van der Waals surface area contributed by atoms with E-state index in [-0.39, 0.29) is 11.2 Å². The molecule has 1 aromatic heterocycles. The van der Waals surface area contributed by atoms with Crippen LogP contribution in [0.2, 0.25) is 0 Å².